The lowest BCUT2D eigenvalue weighted by Gasteiger charge is -2.33. The molecule has 0 aromatic carbocycles. The van der Waals surface area contributed by atoms with Crippen molar-refractivity contribution in [2.24, 2.45) is 17.4 Å². The maximum absolute atomic E-state index is 12.3. The number of carbonyl (C=O) groups is 3. The van der Waals surface area contributed by atoms with Gasteiger partial charge in [0.25, 0.3) is 0 Å². The molecule has 0 saturated carbocycles. The molecular weight excluding hydrogens is 300 g/mol. The van der Waals surface area contributed by atoms with Gasteiger partial charge < -0.3 is 26.8 Å². The summed E-state index contributed by atoms with van der Waals surface area (Å²) in [5, 5.41) is 11.2. The Labute approximate surface area is 136 Å². The fourth-order valence-electron chi connectivity index (χ4n) is 2.69. The Kier molecular flexibility index (Phi) is 8.57. The van der Waals surface area contributed by atoms with E-state index in [0.29, 0.717) is 32.5 Å². The first-order valence-corrected chi connectivity index (χ1v) is 8.19. The number of likely N-dealkylation sites (tertiary alicyclic amines) is 1. The molecule has 1 unspecified atom stereocenters. The average molecular weight is 328 g/mol. The molecule has 23 heavy (non-hydrogen) atoms. The minimum atomic E-state index is -0.950. The Bertz CT molecular complexity index is 416. The topological polar surface area (TPSA) is 139 Å². The molecule has 0 aliphatic carbocycles. The second-order valence-electron chi connectivity index (χ2n) is 5.95. The van der Waals surface area contributed by atoms with Gasteiger partial charge in [-0.2, -0.15) is 0 Å². The Morgan fingerprint density at radius 3 is 2.70 bits per heavy atom. The van der Waals surface area contributed by atoms with Gasteiger partial charge in [0, 0.05) is 19.6 Å². The van der Waals surface area contributed by atoms with Gasteiger partial charge in [0.1, 0.15) is 0 Å². The van der Waals surface area contributed by atoms with Crippen LogP contribution in [0, 0.1) is 5.92 Å². The zero-order valence-corrected chi connectivity index (χ0v) is 13.5. The van der Waals surface area contributed by atoms with Crippen LogP contribution in [0.5, 0.6) is 0 Å². The van der Waals surface area contributed by atoms with E-state index in [1.807, 2.05) is 0 Å². The zero-order chi connectivity index (χ0) is 17.2. The molecule has 1 rings (SSSR count). The number of aliphatic carboxylic acids is 1. The summed E-state index contributed by atoms with van der Waals surface area (Å²) in [5.41, 5.74) is 11.4. The maximum Gasteiger partial charge on any atom is 0.305 e. The van der Waals surface area contributed by atoms with Crippen LogP contribution in [-0.2, 0) is 14.4 Å². The van der Waals surface area contributed by atoms with Crippen molar-refractivity contribution in [3.05, 3.63) is 0 Å². The Morgan fingerprint density at radius 1 is 1.30 bits per heavy atom. The summed E-state index contributed by atoms with van der Waals surface area (Å²) in [7, 11) is 0. The molecule has 8 heteroatoms. The number of unbranched alkanes of at least 4 members (excludes halogenated alkanes) is 1. The molecule has 1 saturated heterocycles. The number of hydrogen-bond donors (Lipinski definition) is 4. The van der Waals surface area contributed by atoms with Crippen LogP contribution in [0.2, 0.25) is 0 Å². The van der Waals surface area contributed by atoms with E-state index in [9.17, 15) is 14.4 Å². The van der Waals surface area contributed by atoms with Crippen LogP contribution in [0.15, 0.2) is 0 Å². The van der Waals surface area contributed by atoms with Crippen LogP contribution in [0.4, 0.5) is 0 Å². The molecule has 1 fully saturated rings. The van der Waals surface area contributed by atoms with Gasteiger partial charge in [-0.3, -0.25) is 14.4 Å². The van der Waals surface area contributed by atoms with Crippen molar-refractivity contribution in [3.63, 3.8) is 0 Å². The summed E-state index contributed by atoms with van der Waals surface area (Å²) < 4.78 is 0. The Balaban J connectivity index is 2.42. The van der Waals surface area contributed by atoms with Crippen molar-refractivity contribution in [1.82, 2.24) is 10.2 Å². The first kappa shape index (κ1) is 19.4. The van der Waals surface area contributed by atoms with Crippen LogP contribution in [0.1, 0.15) is 38.5 Å². The van der Waals surface area contributed by atoms with Crippen LogP contribution in [-0.4, -0.2) is 60.0 Å². The number of rotatable bonds is 9. The summed E-state index contributed by atoms with van der Waals surface area (Å²) in [6.45, 7) is 1.66. The van der Waals surface area contributed by atoms with E-state index in [1.54, 1.807) is 4.90 Å². The molecule has 2 atom stereocenters. The summed E-state index contributed by atoms with van der Waals surface area (Å²) in [6, 6.07) is -0.546. The first-order valence-electron chi connectivity index (χ1n) is 8.19. The molecule has 0 radical (unpaired) electrons. The highest BCUT2D eigenvalue weighted by molar-refractivity contribution is 5.84. The lowest BCUT2D eigenvalue weighted by atomic mass is 9.96. The lowest BCUT2D eigenvalue weighted by Crippen LogP contribution is -2.50. The Hall–Kier alpha value is -1.67. The number of amides is 2. The third kappa shape index (κ3) is 6.96. The number of nitrogens with one attached hydrogen (secondary N) is 1. The molecule has 132 valence electrons. The molecule has 6 N–H and O–H groups in total. The van der Waals surface area contributed by atoms with E-state index in [-0.39, 0.29) is 30.7 Å². The molecule has 8 nitrogen and oxygen atoms in total. The number of hydrogen-bond acceptors (Lipinski definition) is 5. The van der Waals surface area contributed by atoms with Gasteiger partial charge in [-0.25, -0.2) is 0 Å². The van der Waals surface area contributed by atoms with Gasteiger partial charge in [-0.05, 0) is 32.2 Å². The van der Waals surface area contributed by atoms with E-state index in [1.165, 1.54) is 0 Å². The predicted molar refractivity (Wildman–Crippen MR) is 85.4 cm³/mol. The SMILES string of the molecule is NCCCC[C@H](N)C(=O)N1CCCC(C(=O)NCCC(=O)O)C1. The molecule has 1 heterocycles. The van der Waals surface area contributed by atoms with E-state index < -0.39 is 12.0 Å². The van der Waals surface area contributed by atoms with Crippen LogP contribution in [0.25, 0.3) is 0 Å². The lowest BCUT2D eigenvalue weighted by molar-refractivity contribution is -0.137. The molecule has 0 aromatic heterocycles. The minimum absolute atomic E-state index is 0.104. The average Bonchev–Trinajstić information content (AvgIpc) is 2.54. The first-order chi connectivity index (χ1) is 11.0. The van der Waals surface area contributed by atoms with E-state index >= 15 is 0 Å². The normalized spacial score (nSPS) is 19.2. The van der Waals surface area contributed by atoms with Gasteiger partial charge in [-0.1, -0.05) is 6.42 Å². The van der Waals surface area contributed by atoms with Crippen LogP contribution < -0.4 is 16.8 Å². The van der Waals surface area contributed by atoms with Crippen molar-refractivity contribution in [2.45, 2.75) is 44.6 Å². The number of nitrogens with zero attached hydrogens (tertiary/aromatic N) is 1. The smallest absolute Gasteiger partial charge is 0.305 e. The molecule has 0 spiro atoms. The molecule has 1 aliphatic heterocycles. The molecule has 1 aliphatic rings. The number of carboxylic acid groups (broad SMARTS) is 1. The second kappa shape index (κ2) is 10.2. The number of carbonyl (C=O) groups excluding carboxylic acids is 2. The van der Waals surface area contributed by atoms with Gasteiger partial charge in [0.2, 0.25) is 11.8 Å². The molecule has 2 amide bonds. The zero-order valence-electron chi connectivity index (χ0n) is 13.5. The van der Waals surface area contributed by atoms with Crippen molar-refractivity contribution < 1.29 is 19.5 Å². The van der Waals surface area contributed by atoms with Crippen molar-refractivity contribution in [2.75, 3.05) is 26.2 Å². The van der Waals surface area contributed by atoms with Crippen LogP contribution in [0.3, 0.4) is 0 Å². The fraction of sp³-hybridized carbons (Fsp3) is 0.800. The summed E-state index contributed by atoms with van der Waals surface area (Å²) in [6.07, 6.45) is 3.60. The highest BCUT2D eigenvalue weighted by atomic mass is 16.4. The standard InChI is InChI=1S/C15H28N4O4/c16-7-2-1-5-12(17)15(23)19-9-3-4-11(10-19)14(22)18-8-6-13(20)21/h11-12H,1-10,16-17H2,(H,18,22)(H,20,21)/t11?,12-/m0/s1. The molecule has 0 bridgehead atoms. The third-order valence-electron chi connectivity index (χ3n) is 4.03. The highest BCUT2D eigenvalue weighted by Crippen LogP contribution is 2.18. The van der Waals surface area contributed by atoms with Crippen LogP contribution >= 0.6 is 0 Å². The largest absolute Gasteiger partial charge is 0.481 e. The molecule has 0 aromatic rings. The second-order valence-corrected chi connectivity index (χ2v) is 5.95. The molecular formula is C15H28N4O4. The minimum Gasteiger partial charge on any atom is -0.481 e. The predicted octanol–water partition coefficient (Wildman–Crippen LogP) is -0.728. The van der Waals surface area contributed by atoms with Gasteiger partial charge >= 0.3 is 5.97 Å². The number of carboxylic acids is 1. The van der Waals surface area contributed by atoms with Crippen molar-refractivity contribution in [1.29, 1.82) is 0 Å². The monoisotopic (exact) mass is 328 g/mol. The summed E-state index contributed by atoms with van der Waals surface area (Å²) >= 11 is 0. The van der Waals surface area contributed by atoms with Gasteiger partial charge in [0.05, 0.1) is 18.4 Å². The van der Waals surface area contributed by atoms with E-state index in [2.05, 4.69) is 5.32 Å². The third-order valence-corrected chi connectivity index (χ3v) is 4.03. The summed E-state index contributed by atoms with van der Waals surface area (Å²) in [5.74, 6) is -1.56. The quantitative estimate of drug-likeness (QED) is 0.412. The Morgan fingerprint density at radius 2 is 2.04 bits per heavy atom. The van der Waals surface area contributed by atoms with Gasteiger partial charge in [0.15, 0.2) is 0 Å². The fourth-order valence-corrected chi connectivity index (χ4v) is 2.69. The number of nitrogens with two attached hydrogens (primary N) is 2. The van der Waals surface area contributed by atoms with Crippen molar-refractivity contribution >= 4 is 17.8 Å². The van der Waals surface area contributed by atoms with E-state index in [4.69, 9.17) is 16.6 Å². The summed E-state index contributed by atoms with van der Waals surface area (Å²) in [4.78, 5) is 36.5. The van der Waals surface area contributed by atoms with Crippen molar-refractivity contribution in [3.8, 4) is 0 Å². The van der Waals surface area contributed by atoms with E-state index in [0.717, 1.165) is 19.3 Å². The highest BCUT2D eigenvalue weighted by Gasteiger charge is 2.30. The van der Waals surface area contributed by atoms with Gasteiger partial charge in [-0.15, -0.1) is 0 Å². The number of piperidine rings is 1. The maximum atomic E-state index is 12.3.